The van der Waals surface area contributed by atoms with Gasteiger partial charge in [0.1, 0.15) is 5.75 Å². The zero-order chi connectivity index (χ0) is 26.9. The first-order valence-electron chi connectivity index (χ1n) is 11.7. The molecule has 0 atom stereocenters. The quantitative estimate of drug-likeness (QED) is 0.337. The van der Waals surface area contributed by atoms with Crippen LogP contribution in [0.15, 0.2) is 52.4 Å². The van der Waals surface area contributed by atoms with Gasteiger partial charge < -0.3 is 19.7 Å². The van der Waals surface area contributed by atoms with E-state index in [1.165, 1.54) is 30.6 Å². The van der Waals surface area contributed by atoms with Crippen LogP contribution in [0.2, 0.25) is 0 Å². The van der Waals surface area contributed by atoms with Gasteiger partial charge in [0, 0.05) is 46.3 Å². The van der Waals surface area contributed by atoms with Crippen molar-refractivity contribution in [1.29, 1.82) is 0 Å². The summed E-state index contributed by atoms with van der Waals surface area (Å²) in [5, 5.41) is 6.33. The fraction of sp³-hybridized carbons (Fsp3) is 0.308. The Hall–Kier alpha value is -3.77. The van der Waals surface area contributed by atoms with Crippen molar-refractivity contribution in [3.8, 4) is 28.4 Å². The lowest BCUT2D eigenvalue weighted by molar-refractivity contribution is -0.159. The van der Waals surface area contributed by atoms with Crippen LogP contribution in [0.25, 0.3) is 22.6 Å². The Balaban J connectivity index is 1.57. The lowest BCUT2D eigenvalue weighted by atomic mass is 9.74. The van der Waals surface area contributed by atoms with Gasteiger partial charge in [-0.15, -0.1) is 11.3 Å². The van der Waals surface area contributed by atoms with Crippen molar-refractivity contribution in [2.24, 2.45) is 5.73 Å². The maximum Gasteiger partial charge on any atom is 0.471 e. The number of nitrogens with zero attached hydrogens (tertiary/aromatic N) is 3. The van der Waals surface area contributed by atoms with E-state index in [-0.39, 0.29) is 22.7 Å². The molecule has 12 heteroatoms. The van der Waals surface area contributed by atoms with Crippen LogP contribution >= 0.6 is 11.3 Å². The molecule has 1 amide bonds. The average molecular weight is 545 g/mol. The molecule has 0 spiro atoms. The fourth-order valence-corrected chi connectivity index (χ4v) is 5.73. The van der Waals surface area contributed by atoms with Gasteiger partial charge in [0.05, 0.1) is 17.8 Å². The third-order valence-electron chi connectivity index (χ3n) is 6.61. The molecule has 0 bridgehead atoms. The van der Waals surface area contributed by atoms with Gasteiger partial charge in [0.25, 0.3) is 0 Å². The Morgan fingerprint density at radius 1 is 1.13 bits per heavy atom. The monoisotopic (exact) mass is 544 g/mol. The highest BCUT2D eigenvalue weighted by molar-refractivity contribution is 7.10. The van der Waals surface area contributed by atoms with Crippen molar-refractivity contribution in [1.82, 2.24) is 15.1 Å². The molecule has 2 aromatic carbocycles. The predicted molar refractivity (Wildman–Crippen MR) is 133 cm³/mol. The number of methoxy groups -OCH3 is 1. The predicted octanol–water partition coefficient (Wildman–Crippen LogP) is 5.28. The number of amides is 1. The number of thiazole rings is 1. The van der Waals surface area contributed by atoms with Crippen molar-refractivity contribution < 1.29 is 32.0 Å². The number of benzene rings is 2. The summed E-state index contributed by atoms with van der Waals surface area (Å²) in [6.07, 6.45) is -3.14. The van der Waals surface area contributed by atoms with Crippen LogP contribution in [0, 0.1) is 0 Å². The second-order valence-electron chi connectivity index (χ2n) is 8.96. The van der Waals surface area contributed by atoms with Crippen molar-refractivity contribution >= 4 is 17.2 Å². The van der Waals surface area contributed by atoms with Crippen molar-refractivity contribution in [3.63, 3.8) is 0 Å². The van der Waals surface area contributed by atoms with E-state index >= 15 is 0 Å². The van der Waals surface area contributed by atoms with E-state index < -0.39 is 23.4 Å². The molecule has 38 heavy (non-hydrogen) atoms. The van der Waals surface area contributed by atoms with E-state index in [1.54, 1.807) is 0 Å². The van der Waals surface area contributed by atoms with Crippen LogP contribution in [0.5, 0.6) is 5.75 Å². The van der Waals surface area contributed by atoms with Crippen molar-refractivity contribution in [2.45, 2.75) is 30.9 Å². The molecule has 8 nitrogen and oxygen atoms in total. The molecule has 5 rings (SSSR count). The molecule has 2 aromatic heterocycles. The van der Waals surface area contributed by atoms with E-state index in [0.717, 1.165) is 16.3 Å². The van der Waals surface area contributed by atoms with E-state index in [1.807, 2.05) is 35.7 Å². The molecule has 0 unspecified atom stereocenters. The first-order chi connectivity index (χ1) is 18.2. The number of aromatic nitrogens is 3. The first kappa shape index (κ1) is 25.9. The molecule has 0 aliphatic carbocycles. The maximum absolute atomic E-state index is 13.0. The van der Waals surface area contributed by atoms with E-state index in [2.05, 4.69) is 14.7 Å². The number of rotatable bonds is 7. The summed E-state index contributed by atoms with van der Waals surface area (Å²) in [6.45, 7) is 1.02. The molecular weight excluding hydrogens is 521 g/mol. The summed E-state index contributed by atoms with van der Waals surface area (Å²) >= 11 is 1.54. The minimum Gasteiger partial charge on any atom is -0.496 e. The zero-order valence-electron chi connectivity index (χ0n) is 20.2. The number of hydrogen-bond acceptors (Lipinski definition) is 8. The van der Waals surface area contributed by atoms with E-state index in [4.69, 9.17) is 20.2 Å². The van der Waals surface area contributed by atoms with Crippen molar-refractivity contribution in [3.05, 3.63) is 69.9 Å². The maximum atomic E-state index is 13.0. The Kier molecular flexibility index (Phi) is 6.93. The Labute approximate surface area is 219 Å². The summed E-state index contributed by atoms with van der Waals surface area (Å²) < 4.78 is 54.6. The lowest BCUT2D eigenvalue weighted by Gasteiger charge is -2.36. The van der Waals surface area contributed by atoms with Gasteiger partial charge in [-0.25, -0.2) is 4.98 Å². The largest absolute Gasteiger partial charge is 0.496 e. The Bertz CT molecular complexity index is 1450. The van der Waals surface area contributed by atoms with Gasteiger partial charge in [-0.2, -0.15) is 18.2 Å². The topological polar surface area (TPSA) is 113 Å². The molecule has 0 saturated carbocycles. The highest BCUT2D eigenvalue weighted by Crippen LogP contribution is 2.44. The number of primary amides is 1. The number of alkyl halides is 3. The minimum atomic E-state index is -4.80. The van der Waals surface area contributed by atoms with Crippen LogP contribution in [0.4, 0.5) is 13.2 Å². The minimum absolute atomic E-state index is 0.100. The average Bonchev–Trinajstić information content (AvgIpc) is 3.61. The van der Waals surface area contributed by atoms with E-state index in [0.29, 0.717) is 38.0 Å². The number of nitrogens with two attached hydrogens (primary N) is 1. The normalized spacial score (nSPS) is 15.4. The summed E-state index contributed by atoms with van der Waals surface area (Å²) in [4.78, 5) is 21.0. The summed E-state index contributed by atoms with van der Waals surface area (Å²) in [5.74, 6) is -2.31. The molecular formula is C26H23F3N4O4S. The van der Waals surface area contributed by atoms with Crippen LogP contribution in [-0.2, 0) is 22.7 Å². The Morgan fingerprint density at radius 3 is 2.50 bits per heavy atom. The van der Waals surface area contributed by atoms with Crippen molar-refractivity contribution in [2.75, 3.05) is 20.3 Å². The molecule has 4 aromatic rings. The SMILES string of the molecule is COc1cc(-c2noc(C(F)(F)F)n2)cc(C(N)=O)c1CC1(c2nc(-c3ccccc3)cs2)CCOCC1. The highest BCUT2D eigenvalue weighted by Gasteiger charge is 2.40. The second-order valence-corrected chi connectivity index (χ2v) is 9.82. The van der Waals surface area contributed by atoms with Crippen LogP contribution in [0.1, 0.15) is 39.7 Å². The van der Waals surface area contributed by atoms with Gasteiger partial charge in [0.2, 0.25) is 11.7 Å². The standard InChI is InChI=1S/C26H23F3N4O4S/c1-35-20-12-16(22-32-23(37-33-22)26(27,28)29)11-17(21(30)34)18(20)13-25(7-9-36-10-8-25)24-31-19(14-38-24)15-5-3-2-4-6-15/h2-6,11-12,14H,7-10,13H2,1H3,(H2,30,34). The Morgan fingerprint density at radius 2 is 1.87 bits per heavy atom. The molecule has 3 heterocycles. The van der Waals surface area contributed by atoms with Crippen LogP contribution < -0.4 is 10.5 Å². The molecule has 1 saturated heterocycles. The molecule has 0 radical (unpaired) electrons. The summed E-state index contributed by atoms with van der Waals surface area (Å²) in [5.41, 5.74) is 7.87. The first-order valence-corrected chi connectivity index (χ1v) is 12.6. The van der Waals surface area contributed by atoms with Gasteiger partial charge in [0.15, 0.2) is 0 Å². The lowest BCUT2D eigenvalue weighted by Crippen LogP contribution is -2.36. The summed E-state index contributed by atoms with van der Waals surface area (Å²) in [6, 6.07) is 12.7. The van der Waals surface area contributed by atoms with Gasteiger partial charge in [-0.3, -0.25) is 4.79 Å². The number of carbonyl (C=O) groups excluding carboxylic acids is 1. The number of hydrogen-bond donors (Lipinski definition) is 1. The highest BCUT2D eigenvalue weighted by atomic mass is 32.1. The zero-order valence-corrected chi connectivity index (χ0v) is 21.1. The number of carbonyl (C=O) groups is 1. The molecule has 1 aliphatic heterocycles. The number of ether oxygens (including phenoxy) is 2. The second kappa shape index (κ2) is 10.2. The molecule has 2 N–H and O–H groups in total. The van der Waals surface area contributed by atoms with Crippen LogP contribution in [0.3, 0.4) is 0 Å². The van der Waals surface area contributed by atoms with Crippen LogP contribution in [-0.4, -0.2) is 41.4 Å². The van der Waals surface area contributed by atoms with Gasteiger partial charge >= 0.3 is 12.1 Å². The number of halogens is 3. The smallest absolute Gasteiger partial charge is 0.471 e. The van der Waals surface area contributed by atoms with E-state index in [9.17, 15) is 18.0 Å². The fourth-order valence-electron chi connectivity index (χ4n) is 4.64. The third kappa shape index (κ3) is 5.01. The summed E-state index contributed by atoms with van der Waals surface area (Å²) in [7, 11) is 1.41. The molecule has 1 aliphatic rings. The molecule has 1 fully saturated rings. The molecule has 198 valence electrons. The van der Waals surface area contributed by atoms with Gasteiger partial charge in [-0.05, 0) is 31.4 Å². The van der Waals surface area contributed by atoms with Gasteiger partial charge in [-0.1, -0.05) is 35.5 Å². The third-order valence-corrected chi connectivity index (χ3v) is 7.70.